The lowest BCUT2D eigenvalue weighted by molar-refractivity contribution is 0.0692. The fourth-order valence-electron chi connectivity index (χ4n) is 1.82. The van der Waals surface area contributed by atoms with E-state index in [9.17, 15) is 17.6 Å². The van der Waals surface area contributed by atoms with Gasteiger partial charge in [-0.25, -0.2) is 22.3 Å². The van der Waals surface area contributed by atoms with E-state index in [0.717, 1.165) is 0 Å². The first-order valence-corrected chi connectivity index (χ1v) is 7.96. The van der Waals surface area contributed by atoms with E-state index >= 15 is 0 Å². The number of aromatic nitrogens is 2. The van der Waals surface area contributed by atoms with Gasteiger partial charge in [0.15, 0.2) is 11.6 Å². The lowest BCUT2D eigenvalue weighted by Crippen LogP contribution is -2.29. The highest BCUT2D eigenvalue weighted by Gasteiger charge is 2.27. The third-order valence-electron chi connectivity index (χ3n) is 2.87. The Morgan fingerprint density at radius 3 is 2.78 bits per heavy atom. The zero-order valence-electron chi connectivity index (χ0n) is 12.0. The first kappa shape index (κ1) is 16.9. The molecule has 0 spiro atoms. The molecule has 0 aliphatic rings. The Bertz CT molecular complexity index is 819. The maximum Gasteiger partial charge on any atom is 0.340 e. The predicted octanol–water partition coefficient (Wildman–Crippen LogP) is 0.913. The van der Waals surface area contributed by atoms with Gasteiger partial charge >= 0.3 is 5.97 Å². The number of benzene rings is 1. The van der Waals surface area contributed by atoms with Crippen LogP contribution in [-0.2, 0) is 10.0 Å². The minimum absolute atomic E-state index is 0.00598. The SMILES string of the molecule is Cc1[nH]nc(S(=O)(=O)NCCOc2ccccc2F)c1C(=O)O. The second-order valence-electron chi connectivity index (χ2n) is 4.51. The summed E-state index contributed by atoms with van der Waals surface area (Å²) in [4.78, 5) is 11.1. The molecule has 2 aromatic rings. The molecule has 0 saturated heterocycles. The number of nitrogens with zero attached hydrogens (tertiary/aromatic N) is 1. The van der Waals surface area contributed by atoms with Crippen molar-refractivity contribution in [2.75, 3.05) is 13.2 Å². The molecule has 0 aliphatic heterocycles. The average Bonchev–Trinajstić information content (AvgIpc) is 2.88. The largest absolute Gasteiger partial charge is 0.489 e. The quantitative estimate of drug-likeness (QED) is 0.643. The van der Waals surface area contributed by atoms with Gasteiger partial charge in [0.25, 0.3) is 10.0 Å². The number of halogens is 1. The van der Waals surface area contributed by atoms with Crippen LogP contribution in [0.25, 0.3) is 0 Å². The number of para-hydroxylation sites is 1. The molecular weight excluding hydrogens is 329 g/mol. The van der Waals surface area contributed by atoms with Crippen LogP contribution in [0.5, 0.6) is 5.75 Å². The average molecular weight is 343 g/mol. The van der Waals surface area contributed by atoms with Crippen molar-refractivity contribution in [3.8, 4) is 5.75 Å². The molecule has 0 fully saturated rings. The number of carboxylic acid groups (broad SMARTS) is 1. The van der Waals surface area contributed by atoms with E-state index in [1.165, 1.54) is 25.1 Å². The molecule has 8 nitrogen and oxygen atoms in total. The number of carbonyl (C=O) groups is 1. The van der Waals surface area contributed by atoms with Gasteiger partial charge in [-0.15, -0.1) is 0 Å². The third-order valence-corrected chi connectivity index (χ3v) is 4.26. The summed E-state index contributed by atoms with van der Waals surface area (Å²) in [6.45, 7) is 1.09. The van der Waals surface area contributed by atoms with Crippen LogP contribution in [-0.4, -0.2) is 42.8 Å². The van der Waals surface area contributed by atoms with Crippen molar-refractivity contribution in [2.24, 2.45) is 0 Å². The summed E-state index contributed by atoms with van der Waals surface area (Å²) in [5.41, 5.74) is -0.298. The van der Waals surface area contributed by atoms with E-state index < -0.39 is 32.4 Å². The molecule has 0 aliphatic carbocycles. The number of aromatic carboxylic acids is 1. The Balaban J connectivity index is 2.00. The Morgan fingerprint density at radius 2 is 2.13 bits per heavy atom. The number of carboxylic acids is 1. The highest BCUT2D eigenvalue weighted by molar-refractivity contribution is 7.89. The van der Waals surface area contributed by atoms with Gasteiger partial charge in [0, 0.05) is 12.2 Å². The number of nitrogens with one attached hydrogen (secondary N) is 2. The van der Waals surface area contributed by atoms with Crippen molar-refractivity contribution in [2.45, 2.75) is 11.9 Å². The van der Waals surface area contributed by atoms with E-state index in [2.05, 4.69) is 14.9 Å². The molecule has 0 unspecified atom stereocenters. The zero-order chi connectivity index (χ0) is 17.0. The molecule has 0 radical (unpaired) electrons. The summed E-state index contributed by atoms with van der Waals surface area (Å²) < 4.78 is 44.7. The minimum Gasteiger partial charge on any atom is -0.489 e. The van der Waals surface area contributed by atoms with Crippen LogP contribution in [0.3, 0.4) is 0 Å². The highest BCUT2D eigenvalue weighted by Crippen LogP contribution is 2.16. The smallest absolute Gasteiger partial charge is 0.340 e. The van der Waals surface area contributed by atoms with Crippen LogP contribution >= 0.6 is 0 Å². The van der Waals surface area contributed by atoms with Gasteiger partial charge in [0.05, 0.1) is 0 Å². The number of aromatic amines is 1. The molecule has 0 amide bonds. The van der Waals surface area contributed by atoms with Gasteiger partial charge in [-0.3, -0.25) is 5.10 Å². The highest BCUT2D eigenvalue weighted by atomic mass is 32.2. The van der Waals surface area contributed by atoms with Crippen molar-refractivity contribution in [1.29, 1.82) is 0 Å². The lowest BCUT2D eigenvalue weighted by Gasteiger charge is -2.08. The molecule has 1 aromatic heterocycles. The molecular formula is C13H14FN3O5S. The van der Waals surface area contributed by atoms with Crippen molar-refractivity contribution in [3.05, 3.63) is 41.3 Å². The number of ether oxygens (including phenoxy) is 1. The summed E-state index contributed by atoms with van der Waals surface area (Å²) in [6, 6.07) is 5.70. The molecule has 10 heteroatoms. The van der Waals surface area contributed by atoms with E-state index in [1.807, 2.05) is 0 Å². The number of rotatable bonds is 7. The number of hydrogen-bond acceptors (Lipinski definition) is 5. The van der Waals surface area contributed by atoms with Crippen molar-refractivity contribution >= 4 is 16.0 Å². The molecule has 23 heavy (non-hydrogen) atoms. The van der Waals surface area contributed by atoms with E-state index in [-0.39, 0.29) is 24.6 Å². The first-order valence-electron chi connectivity index (χ1n) is 6.48. The van der Waals surface area contributed by atoms with E-state index in [4.69, 9.17) is 9.84 Å². The zero-order valence-corrected chi connectivity index (χ0v) is 12.9. The Labute approximate surface area is 131 Å². The standard InChI is InChI=1S/C13H14FN3O5S/c1-8-11(13(18)19)12(17-16-8)23(20,21)15-6-7-22-10-5-3-2-4-9(10)14/h2-5,15H,6-7H2,1H3,(H,16,17)(H,18,19). The molecule has 0 atom stereocenters. The van der Waals surface area contributed by atoms with Crippen LogP contribution < -0.4 is 9.46 Å². The van der Waals surface area contributed by atoms with Crippen molar-refractivity contribution in [3.63, 3.8) is 0 Å². The lowest BCUT2D eigenvalue weighted by atomic mass is 10.3. The molecule has 0 bridgehead atoms. The van der Waals surface area contributed by atoms with Gasteiger partial charge in [-0.05, 0) is 19.1 Å². The fourth-order valence-corrected chi connectivity index (χ4v) is 2.98. The number of hydrogen-bond donors (Lipinski definition) is 3. The summed E-state index contributed by atoms with van der Waals surface area (Å²) in [6.07, 6.45) is 0. The molecule has 0 saturated carbocycles. The summed E-state index contributed by atoms with van der Waals surface area (Å²) in [7, 11) is -4.13. The maximum atomic E-state index is 13.3. The molecule has 1 heterocycles. The molecule has 124 valence electrons. The van der Waals surface area contributed by atoms with Gasteiger partial charge in [-0.2, -0.15) is 5.10 Å². The summed E-state index contributed by atoms with van der Waals surface area (Å²) in [5, 5.41) is 14.2. The van der Waals surface area contributed by atoms with Crippen LogP contribution in [0.4, 0.5) is 4.39 Å². The summed E-state index contributed by atoms with van der Waals surface area (Å²) in [5.74, 6) is -1.97. The monoisotopic (exact) mass is 343 g/mol. The van der Waals surface area contributed by atoms with Crippen molar-refractivity contribution in [1.82, 2.24) is 14.9 Å². The van der Waals surface area contributed by atoms with Crippen LogP contribution in [0.15, 0.2) is 29.3 Å². The second kappa shape index (κ2) is 6.75. The van der Waals surface area contributed by atoms with Crippen LogP contribution in [0.1, 0.15) is 16.1 Å². The van der Waals surface area contributed by atoms with Crippen LogP contribution in [0, 0.1) is 12.7 Å². The Morgan fingerprint density at radius 1 is 1.43 bits per heavy atom. The Hall–Kier alpha value is -2.46. The molecule has 1 aromatic carbocycles. The van der Waals surface area contributed by atoms with Gasteiger partial charge < -0.3 is 9.84 Å². The second-order valence-corrected chi connectivity index (χ2v) is 6.19. The Kier molecular flexibility index (Phi) is 4.96. The number of H-pyrrole nitrogens is 1. The topological polar surface area (TPSA) is 121 Å². The van der Waals surface area contributed by atoms with E-state index in [1.54, 1.807) is 6.07 Å². The normalized spacial score (nSPS) is 11.4. The molecule has 3 N–H and O–H groups in total. The van der Waals surface area contributed by atoms with Gasteiger partial charge in [0.1, 0.15) is 12.2 Å². The van der Waals surface area contributed by atoms with E-state index in [0.29, 0.717) is 0 Å². The molecule has 2 rings (SSSR count). The predicted molar refractivity (Wildman–Crippen MR) is 77.4 cm³/mol. The van der Waals surface area contributed by atoms with Crippen LogP contribution in [0.2, 0.25) is 0 Å². The van der Waals surface area contributed by atoms with Gasteiger partial charge in [-0.1, -0.05) is 12.1 Å². The minimum atomic E-state index is -4.13. The number of aryl methyl sites for hydroxylation is 1. The number of sulfonamides is 1. The first-order chi connectivity index (χ1) is 10.8. The van der Waals surface area contributed by atoms with Gasteiger partial charge in [0.2, 0.25) is 5.03 Å². The van der Waals surface area contributed by atoms with Crippen molar-refractivity contribution < 1.29 is 27.4 Å². The third kappa shape index (κ3) is 3.85. The summed E-state index contributed by atoms with van der Waals surface area (Å²) >= 11 is 0. The maximum absolute atomic E-state index is 13.3. The fraction of sp³-hybridized carbons (Fsp3) is 0.231.